The number of ether oxygens (including phenoxy) is 1. The van der Waals surface area contributed by atoms with Gasteiger partial charge in [0.1, 0.15) is 34.0 Å². The molecule has 7 rings (SSSR count). The summed E-state index contributed by atoms with van der Waals surface area (Å²) in [5.74, 6) is 0.962. The second kappa shape index (κ2) is 37.3. The minimum Gasteiger partial charge on any atom is -0.464 e. The lowest BCUT2D eigenvalue weighted by Crippen LogP contribution is -2.12. The number of pyridine rings is 7. The summed E-state index contributed by atoms with van der Waals surface area (Å²) >= 11 is 5.67. The number of nitrogens with zero attached hydrogens (tertiary/aromatic N) is 8. The van der Waals surface area contributed by atoms with E-state index >= 15 is 0 Å². The fourth-order valence-electron chi connectivity index (χ4n) is 8.99. The van der Waals surface area contributed by atoms with Gasteiger partial charge in [-0.3, -0.25) is 15.0 Å². The summed E-state index contributed by atoms with van der Waals surface area (Å²) in [7, 11) is 5.37. The summed E-state index contributed by atoms with van der Waals surface area (Å²) in [6, 6.07) is 23.9. The Morgan fingerprint density at radius 2 is 0.871 bits per heavy atom. The van der Waals surface area contributed by atoms with E-state index < -0.39 is 17.8 Å². The second-order valence-electron chi connectivity index (χ2n) is 32.5. The maximum atomic E-state index is 12.7. The molecule has 0 aliphatic heterocycles. The van der Waals surface area contributed by atoms with Gasteiger partial charge < -0.3 is 15.4 Å². The van der Waals surface area contributed by atoms with Crippen LogP contribution in [0.15, 0.2) is 122 Å². The molecule has 0 aromatic carbocycles. The maximum absolute atomic E-state index is 12.7. The van der Waals surface area contributed by atoms with Gasteiger partial charge >= 0.3 is 12.1 Å². The number of hydrogen-bond donors (Lipinski definition) is 1. The molecule has 0 atom stereocenters. The predicted molar refractivity (Wildman–Crippen MR) is 381 cm³/mol. The lowest BCUT2D eigenvalue weighted by Gasteiger charge is -2.19. The molecule has 16 heteroatoms. The molecule has 0 saturated carbocycles. The van der Waals surface area contributed by atoms with E-state index in [1.54, 1.807) is 18.5 Å². The van der Waals surface area contributed by atoms with Crippen LogP contribution in [0.5, 0.6) is 0 Å². The van der Waals surface area contributed by atoms with Crippen LogP contribution in [0.3, 0.4) is 0 Å². The van der Waals surface area contributed by atoms with Gasteiger partial charge in [-0.25, -0.2) is 29.1 Å². The third kappa shape index (κ3) is 42.9. The Balaban J connectivity index is 0.000000543. The standard InChI is InChI=1S/C12H20N2.C12H17NO2.C12H19N.C11H14F3N.C10H14ClN.C10H14FN.C10H16N2/c1-12(2,3)8-10-6-7-11(13-9-10)14(4)5;1-12(2,3)7-9-5-6-10(13-8-9)11(14)15-4;1-9-6-7-11(10(2)13-9)8-12(3,4)5;1-10(2,3)6-8-4-5-9(15-7-8)11(12,13)14;1-10(2,3)6-8-4-5-9(11)12-7-8;1-10(2,3)5-8-4-9(11)7-12-6-8;1-10(2,3)6-8-4-5-9(11)12-7-8/h6-7,9H,8H2,1-5H3;5-6,8H,7H2,1-4H3;6-7H,8H2,1-5H3;4-5,7H,6H2,1-3H3;4-5,7H,6H2,1-3H3;4,6-7H,5H2,1-3H3;4-5,7H,6H2,1-3H3,(H2,11,12). The summed E-state index contributed by atoms with van der Waals surface area (Å²) in [5.41, 5.74) is 17.2. The molecule has 514 valence electrons. The first kappa shape index (κ1) is 84.1. The Morgan fingerprint density at radius 1 is 0.473 bits per heavy atom. The van der Waals surface area contributed by atoms with Crippen molar-refractivity contribution in [3.63, 3.8) is 0 Å². The van der Waals surface area contributed by atoms with Crippen LogP contribution in [0, 0.1) is 57.6 Å². The zero-order valence-corrected chi connectivity index (χ0v) is 62.1. The molecule has 0 unspecified atom stereocenters. The first-order valence-electron chi connectivity index (χ1n) is 31.8. The molecular weight excluding hydrogens is 1190 g/mol. The number of carbonyl (C=O) groups is 1. The Kier molecular flexibility index (Phi) is 33.7. The number of nitrogens with two attached hydrogens (primary N) is 1. The molecule has 0 aliphatic rings. The van der Waals surface area contributed by atoms with E-state index in [2.05, 4.69) is 195 Å². The molecule has 93 heavy (non-hydrogen) atoms. The molecule has 2 N–H and O–H groups in total. The lowest BCUT2D eigenvalue weighted by atomic mass is 9.87. The van der Waals surface area contributed by atoms with Crippen molar-refractivity contribution >= 4 is 29.2 Å². The number of nitrogen functional groups attached to an aromatic ring is 1. The van der Waals surface area contributed by atoms with Crippen LogP contribution < -0.4 is 10.6 Å². The number of anilines is 2. The second-order valence-corrected chi connectivity index (χ2v) is 32.9. The molecule has 0 bridgehead atoms. The molecule has 0 fully saturated rings. The fraction of sp³-hybridized carbons (Fsp3) is 0.532. The molecule has 0 saturated heterocycles. The van der Waals surface area contributed by atoms with Gasteiger partial charge in [-0.15, -0.1) is 0 Å². The van der Waals surface area contributed by atoms with E-state index in [1.807, 2.05) is 95.6 Å². The molecule has 0 aliphatic carbocycles. The van der Waals surface area contributed by atoms with E-state index in [9.17, 15) is 22.4 Å². The molecule has 7 heterocycles. The third-order valence-electron chi connectivity index (χ3n) is 12.5. The van der Waals surface area contributed by atoms with Crippen LogP contribution in [0.4, 0.5) is 29.2 Å². The van der Waals surface area contributed by atoms with Crippen molar-refractivity contribution in [2.24, 2.45) is 37.9 Å². The highest BCUT2D eigenvalue weighted by Crippen LogP contribution is 2.30. The number of carbonyl (C=O) groups excluding carboxylic acids is 1. The van der Waals surface area contributed by atoms with E-state index in [0.29, 0.717) is 38.3 Å². The highest BCUT2D eigenvalue weighted by Gasteiger charge is 2.32. The van der Waals surface area contributed by atoms with Crippen LogP contribution in [0.1, 0.15) is 212 Å². The predicted octanol–water partition coefficient (Wildman–Crippen LogP) is 20.6. The minimum absolute atomic E-state index is 0.0570. The van der Waals surface area contributed by atoms with Crippen molar-refractivity contribution in [2.75, 3.05) is 31.8 Å². The summed E-state index contributed by atoms with van der Waals surface area (Å²) in [6.45, 7) is 49.9. The van der Waals surface area contributed by atoms with Gasteiger partial charge in [-0.1, -0.05) is 193 Å². The largest absolute Gasteiger partial charge is 0.464 e. The van der Waals surface area contributed by atoms with Gasteiger partial charge in [-0.2, -0.15) is 13.2 Å². The Hall–Kier alpha value is -6.87. The summed E-state index contributed by atoms with van der Waals surface area (Å²) in [6.07, 6.45) is 14.1. The number of methoxy groups -OCH3 is 1. The molecular formula is C77H114ClF4N9O2. The van der Waals surface area contributed by atoms with E-state index in [-0.39, 0.29) is 22.1 Å². The summed E-state index contributed by atoms with van der Waals surface area (Å²) < 4.78 is 53.8. The monoisotopic (exact) mass is 1310 g/mol. The van der Waals surface area contributed by atoms with Gasteiger partial charge in [-0.05, 0) is 178 Å². The van der Waals surface area contributed by atoms with Gasteiger partial charge in [0.25, 0.3) is 0 Å². The van der Waals surface area contributed by atoms with Gasteiger partial charge in [0, 0.05) is 62.7 Å². The van der Waals surface area contributed by atoms with Crippen molar-refractivity contribution in [2.45, 2.75) is 210 Å². The number of aryl methyl sites for hydroxylation is 2. The van der Waals surface area contributed by atoms with Crippen molar-refractivity contribution < 1.29 is 27.1 Å². The summed E-state index contributed by atoms with van der Waals surface area (Å²) in [4.78, 5) is 41.3. The molecule has 7 aromatic rings. The quantitative estimate of drug-likeness (QED) is 0.0837. The number of esters is 1. The van der Waals surface area contributed by atoms with Gasteiger partial charge in [0.05, 0.1) is 13.3 Å². The molecule has 11 nitrogen and oxygen atoms in total. The third-order valence-corrected chi connectivity index (χ3v) is 12.7. The topological polar surface area (TPSA) is 146 Å². The van der Waals surface area contributed by atoms with Crippen molar-refractivity contribution in [1.29, 1.82) is 0 Å². The number of aromatic nitrogens is 7. The minimum atomic E-state index is -4.35. The smallest absolute Gasteiger partial charge is 0.433 e. The Morgan fingerprint density at radius 3 is 1.19 bits per heavy atom. The average Bonchev–Trinajstić information content (AvgIpc) is 0.960. The Labute approximate surface area is 563 Å². The number of halogens is 5. The van der Waals surface area contributed by atoms with Crippen LogP contribution >= 0.6 is 11.6 Å². The highest BCUT2D eigenvalue weighted by molar-refractivity contribution is 6.29. The first-order chi connectivity index (χ1) is 42.3. The molecule has 7 aromatic heterocycles. The zero-order valence-electron chi connectivity index (χ0n) is 61.4. The molecule has 0 amide bonds. The van der Waals surface area contributed by atoms with Gasteiger partial charge in [0.2, 0.25) is 0 Å². The Bertz CT molecular complexity index is 3180. The van der Waals surface area contributed by atoms with Gasteiger partial charge in [0.15, 0.2) is 0 Å². The summed E-state index contributed by atoms with van der Waals surface area (Å²) in [5, 5.41) is 0.563. The van der Waals surface area contributed by atoms with Crippen LogP contribution in [-0.2, 0) is 55.9 Å². The van der Waals surface area contributed by atoms with Crippen LogP contribution in [0.2, 0.25) is 5.15 Å². The SMILES string of the molecule is CC(C)(C)Cc1ccc(C(F)(F)F)nc1.CC(C)(C)Cc1ccc(Cl)nc1.CC(C)(C)Cc1ccc(N)nc1.CC(C)(C)Cc1cncc(F)c1.CN(C)c1ccc(CC(C)(C)C)cn1.COC(=O)c1ccc(CC(C)(C)C)cn1.Cc1ccc(CC(C)(C)C)c(C)n1. The van der Waals surface area contributed by atoms with E-state index in [4.69, 9.17) is 17.3 Å². The molecule has 0 radical (unpaired) electrons. The molecule has 0 spiro atoms. The number of rotatable bonds is 9. The fourth-order valence-corrected chi connectivity index (χ4v) is 9.10. The lowest BCUT2D eigenvalue weighted by molar-refractivity contribution is -0.141. The average molecular weight is 1310 g/mol. The van der Waals surface area contributed by atoms with Crippen LogP contribution in [-0.4, -0.2) is 62.1 Å². The van der Waals surface area contributed by atoms with E-state index in [0.717, 1.165) is 79.2 Å². The number of hydrogen-bond acceptors (Lipinski definition) is 11. The van der Waals surface area contributed by atoms with E-state index in [1.165, 1.54) is 59.6 Å². The van der Waals surface area contributed by atoms with Crippen LogP contribution in [0.25, 0.3) is 0 Å². The number of alkyl halides is 3. The maximum Gasteiger partial charge on any atom is 0.433 e. The van der Waals surface area contributed by atoms with Crippen molar-refractivity contribution in [3.05, 3.63) is 195 Å². The highest BCUT2D eigenvalue weighted by atomic mass is 35.5. The van der Waals surface area contributed by atoms with Crippen molar-refractivity contribution in [3.8, 4) is 0 Å². The zero-order chi connectivity index (χ0) is 71.6. The van der Waals surface area contributed by atoms with Crippen molar-refractivity contribution in [1.82, 2.24) is 34.9 Å². The first-order valence-corrected chi connectivity index (χ1v) is 32.2. The normalized spacial score (nSPS) is 11.8.